The summed E-state index contributed by atoms with van der Waals surface area (Å²) in [6.07, 6.45) is 4.33. The van der Waals surface area contributed by atoms with E-state index in [1.165, 1.54) is 17.3 Å². The number of hydrogen-bond donors (Lipinski definition) is 0. The van der Waals surface area contributed by atoms with E-state index < -0.39 is 11.6 Å². The van der Waals surface area contributed by atoms with Crippen LogP contribution < -0.4 is 0 Å². The fourth-order valence-electron chi connectivity index (χ4n) is 2.31. The number of ether oxygens (including phenoxy) is 1. The van der Waals surface area contributed by atoms with E-state index >= 15 is 0 Å². The van der Waals surface area contributed by atoms with Crippen molar-refractivity contribution < 1.29 is 14.3 Å². The van der Waals surface area contributed by atoms with Gasteiger partial charge >= 0.3 is 5.97 Å². The Bertz CT molecular complexity index is 554. The van der Waals surface area contributed by atoms with Crippen molar-refractivity contribution in [1.29, 1.82) is 0 Å². The molecule has 0 N–H and O–H groups in total. The van der Waals surface area contributed by atoms with E-state index in [4.69, 9.17) is 16.3 Å². The third-order valence-electron chi connectivity index (χ3n) is 3.19. The zero-order chi connectivity index (χ0) is 15.6. The molecule has 0 spiro atoms. The zero-order valence-electron chi connectivity index (χ0n) is 12.4. The number of amides is 1. The van der Waals surface area contributed by atoms with Gasteiger partial charge in [0.05, 0.1) is 10.6 Å². The molecule has 0 saturated carbocycles. The van der Waals surface area contributed by atoms with Crippen LogP contribution in [0, 0.1) is 0 Å². The van der Waals surface area contributed by atoms with Gasteiger partial charge in [-0.3, -0.25) is 9.78 Å². The number of esters is 1. The number of carbonyl (C=O) groups is 2. The molecule has 114 valence electrons. The monoisotopic (exact) mass is 310 g/mol. The molecule has 6 heteroatoms. The minimum Gasteiger partial charge on any atom is -0.458 e. The molecule has 1 amide bonds. The molecule has 0 radical (unpaired) electrons. The molecule has 2 rings (SSSR count). The third-order valence-corrected chi connectivity index (χ3v) is 3.52. The summed E-state index contributed by atoms with van der Waals surface area (Å²) in [6.45, 7) is 5.95. The molecule has 1 aliphatic heterocycles. The molecule has 1 aromatic rings. The van der Waals surface area contributed by atoms with Crippen LogP contribution in [0.2, 0.25) is 5.02 Å². The average Bonchev–Trinajstić information content (AvgIpc) is 2.85. The van der Waals surface area contributed by atoms with Crippen LogP contribution >= 0.6 is 11.6 Å². The van der Waals surface area contributed by atoms with Crippen molar-refractivity contribution in [3.8, 4) is 0 Å². The van der Waals surface area contributed by atoms with Gasteiger partial charge in [-0.15, -0.1) is 0 Å². The summed E-state index contributed by atoms with van der Waals surface area (Å²) in [6, 6.07) is 1.01. The Morgan fingerprint density at radius 2 is 2.14 bits per heavy atom. The van der Waals surface area contributed by atoms with Crippen molar-refractivity contribution in [3.05, 3.63) is 29.0 Å². The quantitative estimate of drug-likeness (QED) is 0.788. The first-order valence-electron chi connectivity index (χ1n) is 6.93. The Kier molecular flexibility index (Phi) is 4.52. The van der Waals surface area contributed by atoms with Crippen molar-refractivity contribution in [3.63, 3.8) is 0 Å². The number of pyridine rings is 1. The lowest BCUT2D eigenvalue weighted by Crippen LogP contribution is -2.43. The number of nitrogens with zero attached hydrogens (tertiary/aromatic N) is 2. The maximum Gasteiger partial charge on any atom is 0.329 e. The summed E-state index contributed by atoms with van der Waals surface area (Å²) in [7, 11) is 0. The van der Waals surface area contributed by atoms with Gasteiger partial charge in [-0.25, -0.2) is 4.79 Å². The highest BCUT2D eigenvalue weighted by Crippen LogP contribution is 2.25. The molecule has 0 aromatic carbocycles. The molecular weight excluding hydrogens is 292 g/mol. The van der Waals surface area contributed by atoms with E-state index in [1.807, 2.05) is 20.8 Å². The van der Waals surface area contributed by atoms with E-state index in [0.29, 0.717) is 23.6 Å². The third kappa shape index (κ3) is 3.73. The second-order valence-electron chi connectivity index (χ2n) is 6.05. The molecule has 5 nitrogen and oxygen atoms in total. The first kappa shape index (κ1) is 15.8. The van der Waals surface area contributed by atoms with Gasteiger partial charge in [0.1, 0.15) is 11.6 Å². The van der Waals surface area contributed by atoms with Crippen molar-refractivity contribution in [2.24, 2.45) is 0 Å². The van der Waals surface area contributed by atoms with Crippen LogP contribution in [0.3, 0.4) is 0 Å². The van der Waals surface area contributed by atoms with Gasteiger partial charge in [0.15, 0.2) is 0 Å². The molecule has 0 unspecified atom stereocenters. The topological polar surface area (TPSA) is 59.5 Å². The summed E-state index contributed by atoms with van der Waals surface area (Å²) in [5.74, 6) is -0.644. The molecule has 1 atom stereocenters. The Labute approximate surface area is 129 Å². The minimum absolute atomic E-state index is 0.276. The van der Waals surface area contributed by atoms with E-state index in [0.717, 1.165) is 6.42 Å². The van der Waals surface area contributed by atoms with E-state index in [2.05, 4.69) is 4.98 Å². The lowest BCUT2D eigenvalue weighted by atomic mass is 10.1. The van der Waals surface area contributed by atoms with Gasteiger partial charge < -0.3 is 9.64 Å². The number of carbonyl (C=O) groups excluding carboxylic acids is 2. The molecule has 1 fully saturated rings. The van der Waals surface area contributed by atoms with E-state index in [-0.39, 0.29) is 11.9 Å². The largest absolute Gasteiger partial charge is 0.458 e. The van der Waals surface area contributed by atoms with Crippen LogP contribution in [-0.4, -0.2) is 39.9 Å². The van der Waals surface area contributed by atoms with Gasteiger partial charge in [-0.2, -0.15) is 0 Å². The fourth-order valence-corrected chi connectivity index (χ4v) is 2.50. The lowest BCUT2D eigenvalue weighted by Gasteiger charge is -2.27. The van der Waals surface area contributed by atoms with Crippen LogP contribution in [0.1, 0.15) is 44.0 Å². The van der Waals surface area contributed by atoms with E-state index in [1.54, 1.807) is 6.07 Å². The number of hydrogen-bond acceptors (Lipinski definition) is 4. The standard InChI is InChI=1S/C15H19ClN2O3/c1-15(2,3)21-14(20)12-5-4-8-18(12)13(19)10-9-17-7-6-11(10)16/h6-7,9,12H,4-5,8H2,1-3H3/t12-/m1/s1. The normalized spacial score (nSPS) is 18.7. The van der Waals surface area contributed by atoms with Crippen LogP contribution in [0.15, 0.2) is 18.5 Å². The molecule has 21 heavy (non-hydrogen) atoms. The fraction of sp³-hybridized carbons (Fsp3) is 0.533. The van der Waals surface area contributed by atoms with Gasteiger partial charge in [0.25, 0.3) is 5.91 Å². The molecule has 1 aliphatic rings. The van der Waals surface area contributed by atoms with E-state index in [9.17, 15) is 9.59 Å². The first-order chi connectivity index (χ1) is 9.79. The predicted octanol–water partition coefficient (Wildman–Crippen LogP) is 2.68. The molecule has 1 saturated heterocycles. The SMILES string of the molecule is CC(C)(C)OC(=O)[C@H]1CCCN1C(=O)c1cnccc1Cl. The van der Waals surface area contributed by atoms with Gasteiger partial charge in [-0.05, 0) is 39.7 Å². The summed E-state index contributed by atoms with van der Waals surface area (Å²) in [4.78, 5) is 30.2. The van der Waals surface area contributed by atoms with Crippen molar-refractivity contribution in [1.82, 2.24) is 9.88 Å². The number of aromatic nitrogens is 1. The molecule has 0 bridgehead atoms. The predicted molar refractivity (Wildman–Crippen MR) is 79.2 cm³/mol. The summed E-state index contributed by atoms with van der Waals surface area (Å²) < 4.78 is 5.39. The molecule has 2 heterocycles. The number of halogens is 1. The van der Waals surface area contributed by atoms with Gasteiger partial charge in [0.2, 0.25) is 0 Å². The highest BCUT2D eigenvalue weighted by molar-refractivity contribution is 6.33. The Balaban J connectivity index is 2.17. The Hall–Kier alpha value is -1.62. The number of rotatable bonds is 2. The lowest BCUT2D eigenvalue weighted by molar-refractivity contribution is -0.159. The average molecular weight is 311 g/mol. The smallest absolute Gasteiger partial charge is 0.329 e. The highest BCUT2D eigenvalue weighted by atomic mass is 35.5. The summed E-state index contributed by atoms with van der Waals surface area (Å²) >= 11 is 6.03. The Morgan fingerprint density at radius 3 is 2.76 bits per heavy atom. The van der Waals surface area contributed by atoms with Crippen molar-refractivity contribution in [2.45, 2.75) is 45.3 Å². The summed E-state index contributed by atoms with van der Waals surface area (Å²) in [5, 5.41) is 0.338. The summed E-state index contributed by atoms with van der Waals surface area (Å²) in [5.41, 5.74) is -0.255. The second kappa shape index (κ2) is 6.02. The number of likely N-dealkylation sites (tertiary alicyclic amines) is 1. The van der Waals surface area contributed by atoms with Crippen molar-refractivity contribution in [2.75, 3.05) is 6.54 Å². The Morgan fingerprint density at radius 1 is 1.43 bits per heavy atom. The van der Waals surface area contributed by atoms with Gasteiger partial charge in [-0.1, -0.05) is 11.6 Å². The zero-order valence-corrected chi connectivity index (χ0v) is 13.2. The maximum atomic E-state index is 12.5. The first-order valence-corrected chi connectivity index (χ1v) is 7.31. The van der Waals surface area contributed by atoms with Crippen molar-refractivity contribution >= 4 is 23.5 Å². The van der Waals surface area contributed by atoms with Crippen LogP contribution in [0.4, 0.5) is 0 Å². The van der Waals surface area contributed by atoms with Crippen LogP contribution in [0.25, 0.3) is 0 Å². The highest BCUT2D eigenvalue weighted by Gasteiger charge is 2.37. The second-order valence-corrected chi connectivity index (χ2v) is 6.45. The van der Waals surface area contributed by atoms with Crippen LogP contribution in [-0.2, 0) is 9.53 Å². The molecular formula is C15H19ClN2O3. The molecule has 1 aromatic heterocycles. The maximum absolute atomic E-state index is 12.5. The molecule has 0 aliphatic carbocycles. The minimum atomic E-state index is -0.569. The van der Waals surface area contributed by atoms with Crippen LogP contribution in [0.5, 0.6) is 0 Å². The van der Waals surface area contributed by atoms with Gasteiger partial charge in [0, 0.05) is 18.9 Å².